The van der Waals surface area contributed by atoms with E-state index < -0.39 is 0 Å². The molecule has 1 aliphatic heterocycles. The summed E-state index contributed by atoms with van der Waals surface area (Å²) in [5.41, 5.74) is 1.60. The van der Waals surface area contributed by atoms with Crippen molar-refractivity contribution in [3.63, 3.8) is 0 Å². The number of nitrogens with one attached hydrogen (secondary N) is 1. The zero-order valence-corrected chi connectivity index (χ0v) is 12.5. The van der Waals surface area contributed by atoms with Crippen molar-refractivity contribution >= 4 is 16.9 Å². The third-order valence-electron chi connectivity index (χ3n) is 4.37. The SMILES string of the molecule is CCN1CCCCC1COC(=O)c1c[nH]c2ccccc12. The average molecular weight is 286 g/mol. The van der Waals surface area contributed by atoms with Crippen LogP contribution in [-0.2, 0) is 4.74 Å². The van der Waals surface area contributed by atoms with Gasteiger partial charge in [-0.1, -0.05) is 31.5 Å². The molecule has 2 aromatic rings. The lowest BCUT2D eigenvalue weighted by Crippen LogP contribution is -2.42. The number of para-hydroxylation sites is 1. The highest BCUT2D eigenvalue weighted by molar-refractivity contribution is 6.03. The lowest BCUT2D eigenvalue weighted by molar-refractivity contribution is 0.0293. The van der Waals surface area contributed by atoms with Crippen molar-refractivity contribution in [2.24, 2.45) is 0 Å². The number of fused-ring (bicyclic) bond motifs is 1. The van der Waals surface area contributed by atoms with E-state index in [-0.39, 0.29) is 5.97 Å². The van der Waals surface area contributed by atoms with Gasteiger partial charge < -0.3 is 9.72 Å². The number of nitrogens with zero attached hydrogens (tertiary/aromatic N) is 1. The van der Waals surface area contributed by atoms with Crippen LogP contribution in [-0.4, -0.2) is 41.6 Å². The Morgan fingerprint density at radius 1 is 1.38 bits per heavy atom. The summed E-state index contributed by atoms with van der Waals surface area (Å²) < 4.78 is 5.57. The molecule has 1 atom stereocenters. The lowest BCUT2D eigenvalue weighted by atomic mass is 10.0. The fourth-order valence-corrected chi connectivity index (χ4v) is 3.16. The highest BCUT2D eigenvalue weighted by Crippen LogP contribution is 2.20. The Morgan fingerprint density at radius 2 is 2.24 bits per heavy atom. The van der Waals surface area contributed by atoms with E-state index >= 15 is 0 Å². The zero-order chi connectivity index (χ0) is 14.7. The van der Waals surface area contributed by atoms with Gasteiger partial charge in [-0.25, -0.2) is 4.79 Å². The summed E-state index contributed by atoms with van der Waals surface area (Å²) in [7, 11) is 0. The number of aromatic nitrogens is 1. The second kappa shape index (κ2) is 6.31. The molecule has 1 aromatic heterocycles. The molecule has 1 aliphatic rings. The number of benzene rings is 1. The van der Waals surface area contributed by atoms with E-state index in [0.717, 1.165) is 30.4 Å². The van der Waals surface area contributed by atoms with Crippen molar-refractivity contribution in [2.45, 2.75) is 32.2 Å². The molecule has 0 spiro atoms. The van der Waals surface area contributed by atoms with Gasteiger partial charge in [-0.15, -0.1) is 0 Å². The van der Waals surface area contributed by atoms with Gasteiger partial charge in [-0.2, -0.15) is 0 Å². The number of likely N-dealkylation sites (N-methyl/N-ethyl adjacent to an activating group) is 1. The number of ether oxygens (including phenoxy) is 1. The molecular formula is C17H22N2O2. The number of esters is 1. The maximum atomic E-state index is 12.3. The first kappa shape index (κ1) is 14.1. The lowest BCUT2D eigenvalue weighted by Gasteiger charge is -2.34. The third-order valence-corrected chi connectivity index (χ3v) is 4.37. The number of carbonyl (C=O) groups excluding carboxylic acids is 1. The summed E-state index contributed by atoms with van der Waals surface area (Å²) in [5.74, 6) is -0.228. The monoisotopic (exact) mass is 286 g/mol. The number of likely N-dealkylation sites (tertiary alicyclic amines) is 1. The van der Waals surface area contributed by atoms with E-state index in [1.807, 2.05) is 24.3 Å². The van der Waals surface area contributed by atoms with E-state index in [0.29, 0.717) is 18.2 Å². The zero-order valence-electron chi connectivity index (χ0n) is 12.5. The molecule has 3 rings (SSSR count). The van der Waals surface area contributed by atoms with Gasteiger partial charge in [0.1, 0.15) is 6.61 Å². The predicted octanol–water partition coefficient (Wildman–Crippen LogP) is 3.20. The second-order valence-corrected chi connectivity index (χ2v) is 5.62. The van der Waals surface area contributed by atoms with Crippen molar-refractivity contribution < 1.29 is 9.53 Å². The fraction of sp³-hybridized carbons (Fsp3) is 0.471. The van der Waals surface area contributed by atoms with Gasteiger partial charge in [-0.3, -0.25) is 4.90 Å². The van der Waals surface area contributed by atoms with Crippen molar-refractivity contribution in [2.75, 3.05) is 19.7 Å². The Balaban J connectivity index is 1.66. The fourth-order valence-electron chi connectivity index (χ4n) is 3.16. The Bertz CT molecular complexity index is 620. The summed E-state index contributed by atoms with van der Waals surface area (Å²) in [6.45, 7) is 4.80. The van der Waals surface area contributed by atoms with E-state index in [4.69, 9.17) is 4.74 Å². The van der Waals surface area contributed by atoms with Gasteiger partial charge in [0.15, 0.2) is 0 Å². The van der Waals surface area contributed by atoms with Crippen LogP contribution in [0.3, 0.4) is 0 Å². The van der Waals surface area contributed by atoms with Crippen molar-refractivity contribution in [3.8, 4) is 0 Å². The molecule has 0 radical (unpaired) electrons. The highest BCUT2D eigenvalue weighted by atomic mass is 16.5. The molecule has 4 heteroatoms. The molecule has 1 fully saturated rings. The first-order valence-corrected chi connectivity index (χ1v) is 7.77. The van der Waals surface area contributed by atoms with Crippen molar-refractivity contribution in [1.29, 1.82) is 0 Å². The van der Waals surface area contributed by atoms with Crippen LogP contribution in [0.2, 0.25) is 0 Å². The van der Waals surface area contributed by atoms with Crippen LogP contribution >= 0.6 is 0 Å². The van der Waals surface area contributed by atoms with Crippen molar-refractivity contribution in [1.82, 2.24) is 9.88 Å². The molecule has 1 saturated heterocycles. The maximum Gasteiger partial charge on any atom is 0.340 e. The van der Waals surface area contributed by atoms with E-state index in [9.17, 15) is 4.79 Å². The average Bonchev–Trinajstić information content (AvgIpc) is 2.97. The molecular weight excluding hydrogens is 264 g/mol. The molecule has 0 bridgehead atoms. The largest absolute Gasteiger partial charge is 0.460 e. The third kappa shape index (κ3) is 2.95. The number of hydrogen-bond acceptors (Lipinski definition) is 3. The van der Waals surface area contributed by atoms with E-state index in [2.05, 4.69) is 16.8 Å². The van der Waals surface area contributed by atoms with Gasteiger partial charge in [0.05, 0.1) is 5.56 Å². The standard InChI is InChI=1S/C17H22N2O2/c1-2-19-10-6-5-7-13(19)12-21-17(20)15-11-18-16-9-4-3-8-14(15)16/h3-4,8-9,11,13,18H,2,5-7,10,12H2,1H3. The molecule has 0 aliphatic carbocycles. The smallest absolute Gasteiger partial charge is 0.340 e. The number of carbonyl (C=O) groups is 1. The predicted molar refractivity (Wildman–Crippen MR) is 83.5 cm³/mol. The molecule has 112 valence electrons. The first-order chi connectivity index (χ1) is 10.3. The molecule has 2 heterocycles. The summed E-state index contributed by atoms with van der Waals surface area (Å²) in [6.07, 6.45) is 5.34. The maximum absolute atomic E-state index is 12.3. The highest BCUT2D eigenvalue weighted by Gasteiger charge is 2.23. The molecule has 21 heavy (non-hydrogen) atoms. The molecule has 0 amide bonds. The number of H-pyrrole nitrogens is 1. The normalized spacial score (nSPS) is 19.8. The molecule has 1 N–H and O–H groups in total. The minimum Gasteiger partial charge on any atom is -0.460 e. The Hall–Kier alpha value is -1.81. The number of hydrogen-bond donors (Lipinski definition) is 1. The molecule has 4 nitrogen and oxygen atoms in total. The van der Waals surface area contributed by atoms with E-state index in [1.165, 1.54) is 12.8 Å². The number of aromatic amines is 1. The number of rotatable bonds is 4. The van der Waals surface area contributed by atoms with E-state index in [1.54, 1.807) is 6.20 Å². The topological polar surface area (TPSA) is 45.3 Å². The quantitative estimate of drug-likeness (QED) is 0.878. The van der Waals surface area contributed by atoms with Gasteiger partial charge in [-0.05, 0) is 32.0 Å². The molecule has 1 aromatic carbocycles. The Labute approximate surface area is 125 Å². The van der Waals surface area contributed by atoms with Crippen molar-refractivity contribution in [3.05, 3.63) is 36.0 Å². The molecule has 0 saturated carbocycles. The second-order valence-electron chi connectivity index (χ2n) is 5.62. The summed E-state index contributed by atoms with van der Waals surface area (Å²) in [6, 6.07) is 8.17. The van der Waals surface area contributed by atoms with Gasteiger partial charge >= 0.3 is 5.97 Å². The van der Waals surface area contributed by atoms with Crippen LogP contribution in [0.1, 0.15) is 36.5 Å². The first-order valence-electron chi connectivity index (χ1n) is 7.77. The minimum absolute atomic E-state index is 0.228. The van der Waals surface area contributed by atoms with Crippen LogP contribution < -0.4 is 0 Å². The van der Waals surface area contributed by atoms with Crippen LogP contribution in [0.4, 0.5) is 0 Å². The Kier molecular flexibility index (Phi) is 4.25. The summed E-state index contributed by atoms with van der Waals surface area (Å²) in [4.78, 5) is 17.8. The summed E-state index contributed by atoms with van der Waals surface area (Å²) in [5, 5.41) is 0.929. The molecule has 1 unspecified atom stereocenters. The minimum atomic E-state index is -0.228. The number of piperidine rings is 1. The Morgan fingerprint density at radius 3 is 3.10 bits per heavy atom. The van der Waals surface area contributed by atoms with Crippen LogP contribution in [0.5, 0.6) is 0 Å². The van der Waals surface area contributed by atoms with Crippen LogP contribution in [0.25, 0.3) is 10.9 Å². The van der Waals surface area contributed by atoms with Crippen LogP contribution in [0.15, 0.2) is 30.5 Å². The van der Waals surface area contributed by atoms with Crippen LogP contribution in [0, 0.1) is 0 Å². The van der Waals surface area contributed by atoms with Gasteiger partial charge in [0.25, 0.3) is 0 Å². The van der Waals surface area contributed by atoms with Gasteiger partial charge in [0, 0.05) is 23.1 Å². The summed E-state index contributed by atoms with van der Waals surface area (Å²) >= 11 is 0. The van der Waals surface area contributed by atoms with Gasteiger partial charge in [0.2, 0.25) is 0 Å².